The SMILES string of the molecule is FC(F)Oc1ccc(NCc2cccc(Br)n2)cc1. The van der Waals surface area contributed by atoms with E-state index in [1.807, 2.05) is 18.2 Å². The number of pyridine rings is 1. The van der Waals surface area contributed by atoms with Crippen molar-refractivity contribution >= 4 is 21.6 Å². The van der Waals surface area contributed by atoms with Crippen molar-refractivity contribution in [3.8, 4) is 5.75 Å². The molecular weight excluding hydrogens is 318 g/mol. The fraction of sp³-hybridized carbons (Fsp3) is 0.154. The van der Waals surface area contributed by atoms with Crippen LogP contribution in [0.2, 0.25) is 0 Å². The second kappa shape index (κ2) is 6.47. The molecule has 19 heavy (non-hydrogen) atoms. The van der Waals surface area contributed by atoms with Gasteiger partial charge in [-0.3, -0.25) is 0 Å². The molecule has 0 saturated carbocycles. The van der Waals surface area contributed by atoms with Crippen molar-refractivity contribution in [1.29, 1.82) is 0 Å². The molecule has 1 heterocycles. The van der Waals surface area contributed by atoms with Crippen LogP contribution in [0.3, 0.4) is 0 Å². The van der Waals surface area contributed by atoms with Gasteiger partial charge in [-0.25, -0.2) is 4.98 Å². The van der Waals surface area contributed by atoms with E-state index in [4.69, 9.17) is 0 Å². The molecule has 2 aromatic rings. The largest absolute Gasteiger partial charge is 0.435 e. The lowest BCUT2D eigenvalue weighted by Gasteiger charge is -2.08. The first kappa shape index (κ1) is 13.7. The van der Waals surface area contributed by atoms with Crippen LogP contribution in [0.5, 0.6) is 5.75 Å². The first-order valence-electron chi connectivity index (χ1n) is 5.53. The van der Waals surface area contributed by atoms with Crippen molar-refractivity contribution in [3.05, 3.63) is 52.8 Å². The maximum absolute atomic E-state index is 12.0. The van der Waals surface area contributed by atoms with Crippen LogP contribution in [0, 0.1) is 0 Å². The van der Waals surface area contributed by atoms with Crippen molar-refractivity contribution in [3.63, 3.8) is 0 Å². The predicted molar refractivity (Wildman–Crippen MR) is 72.3 cm³/mol. The number of benzene rings is 1. The highest BCUT2D eigenvalue weighted by Crippen LogP contribution is 2.18. The molecule has 0 radical (unpaired) electrons. The Kier molecular flexibility index (Phi) is 4.68. The van der Waals surface area contributed by atoms with Gasteiger partial charge in [-0.1, -0.05) is 6.07 Å². The molecule has 0 amide bonds. The Hall–Kier alpha value is -1.69. The number of hydrogen-bond donors (Lipinski definition) is 1. The molecule has 0 aliphatic heterocycles. The van der Waals surface area contributed by atoms with E-state index in [9.17, 15) is 8.78 Å². The van der Waals surface area contributed by atoms with E-state index in [2.05, 4.69) is 31.0 Å². The lowest BCUT2D eigenvalue weighted by molar-refractivity contribution is -0.0498. The molecule has 0 atom stereocenters. The number of alkyl halides is 2. The number of nitrogens with zero attached hydrogens (tertiary/aromatic N) is 1. The quantitative estimate of drug-likeness (QED) is 0.840. The summed E-state index contributed by atoms with van der Waals surface area (Å²) in [7, 11) is 0. The monoisotopic (exact) mass is 328 g/mol. The summed E-state index contributed by atoms with van der Waals surface area (Å²) in [6.45, 7) is -2.25. The molecule has 0 saturated heterocycles. The van der Waals surface area contributed by atoms with Crippen LogP contribution in [0.4, 0.5) is 14.5 Å². The van der Waals surface area contributed by atoms with Crippen molar-refractivity contribution in [2.45, 2.75) is 13.2 Å². The normalized spacial score (nSPS) is 10.5. The predicted octanol–water partition coefficient (Wildman–Crippen LogP) is 4.06. The molecule has 100 valence electrons. The summed E-state index contributed by atoms with van der Waals surface area (Å²) in [5.74, 6) is 0.140. The van der Waals surface area contributed by atoms with Crippen molar-refractivity contribution < 1.29 is 13.5 Å². The van der Waals surface area contributed by atoms with Crippen LogP contribution in [-0.2, 0) is 6.54 Å². The van der Waals surface area contributed by atoms with Crippen LogP contribution in [0.15, 0.2) is 47.1 Å². The number of aromatic nitrogens is 1. The average molecular weight is 329 g/mol. The van der Waals surface area contributed by atoms with Gasteiger partial charge in [0.2, 0.25) is 0 Å². The van der Waals surface area contributed by atoms with Gasteiger partial charge in [-0.05, 0) is 52.3 Å². The van der Waals surface area contributed by atoms with E-state index in [-0.39, 0.29) is 5.75 Å². The highest BCUT2D eigenvalue weighted by molar-refractivity contribution is 9.10. The number of nitrogens with one attached hydrogen (secondary N) is 1. The number of anilines is 1. The van der Waals surface area contributed by atoms with Gasteiger partial charge in [-0.2, -0.15) is 8.78 Å². The van der Waals surface area contributed by atoms with E-state index in [1.165, 1.54) is 12.1 Å². The molecule has 1 N–H and O–H groups in total. The molecule has 0 unspecified atom stereocenters. The third-order valence-corrected chi connectivity index (χ3v) is 2.77. The Labute approximate surface area is 117 Å². The van der Waals surface area contributed by atoms with E-state index in [0.717, 1.165) is 16.0 Å². The molecule has 1 aromatic heterocycles. The van der Waals surface area contributed by atoms with Crippen molar-refractivity contribution in [2.75, 3.05) is 5.32 Å². The van der Waals surface area contributed by atoms with Gasteiger partial charge in [0, 0.05) is 5.69 Å². The summed E-state index contributed by atoms with van der Waals surface area (Å²) < 4.78 is 29.0. The Bertz CT molecular complexity index is 534. The molecule has 0 aliphatic rings. The Morgan fingerprint density at radius 3 is 2.53 bits per heavy atom. The Morgan fingerprint density at radius 1 is 1.16 bits per heavy atom. The smallest absolute Gasteiger partial charge is 0.387 e. The van der Waals surface area contributed by atoms with E-state index in [1.54, 1.807) is 12.1 Å². The fourth-order valence-corrected chi connectivity index (χ4v) is 1.88. The first-order valence-corrected chi connectivity index (χ1v) is 6.33. The maximum atomic E-state index is 12.0. The third kappa shape index (κ3) is 4.48. The Morgan fingerprint density at radius 2 is 1.89 bits per heavy atom. The second-order valence-electron chi connectivity index (χ2n) is 3.71. The fourth-order valence-electron chi connectivity index (χ4n) is 1.50. The van der Waals surface area contributed by atoms with Crippen LogP contribution >= 0.6 is 15.9 Å². The summed E-state index contributed by atoms with van der Waals surface area (Å²) >= 11 is 3.29. The zero-order chi connectivity index (χ0) is 13.7. The van der Waals surface area contributed by atoms with Crippen molar-refractivity contribution in [1.82, 2.24) is 4.98 Å². The van der Waals surface area contributed by atoms with E-state index in [0.29, 0.717) is 6.54 Å². The standard InChI is InChI=1S/C13H11BrF2N2O/c14-12-3-1-2-10(18-12)8-17-9-4-6-11(7-5-9)19-13(15)16/h1-7,13,17H,8H2. The summed E-state index contributed by atoms with van der Waals surface area (Å²) in [5.41, 5.74) is 1.69. The van der Waals surface area contributed by atoms with Crippen LogP contribution in [0.1, 0.15) is 5.69 Å². The van der Waals surface area contributed by atoms with Crippen LogP contribution < -0.4 is 10.1 Å². The van der Waals surface area contributed by atoms with Gasteiger partial charge < -0.3 is 10.1 Å². The number of hydrogen-bond acceptors (Lipinski definition) is 3. The summed E-state index contributed by atoms with van der Waals surface area (Å²) in [6, 6.07) is 12.0. The van der Waals surface area contributed by atoms with E-state index >= 15 is 0 Å². The molecule has 0 bridgehead atoms. The van der Waals surface area contributed by atoms with Gasteiger partial charge in [-0.15, -0.1) is 0 Å². The maximum Gasteiger partial charge on any atom is 0.387 e. The van der Waals surface area contributed by atoms with Gasteiger partial charge in [0.25, 0.3) is 0 Å². The van der Waals surface area contributed by atoms with Gasteiger partial charge in [0.05, 0.1) is 12.2 Å². The lowest BCUT2D eigenvalue weighted by Crippen LogP contribution is -2.03. The van der Waals surface area contributed by atoms with Crippen molar-refractivity contribution in [2.24, 2.45) is 0 Å². The number of rotatable bonds is 5. The van der Waals surface area contributed by atoms with Crippen LogP contribution in [0.25, 0.3) is 0 Å². The third-order valence-electron chi connectivity index (χ3n) is 2.33. The van der Waals surface area contributed by atoms with Gasteiger partial charge in [0.1, 0.15) is 10.4 Å². The van der Waals surface area contributed by atoms with Gasteiger partial charge >= 0.3 is 6.61 Å². The summed E-state index contributed by atoms with van der Waals surface area (Å²) in [4.78, 5) is 4.28. The van der Waals surface area contributed by atoms with Crippen LogP contribution in [-0.4, -0.2) is 11.6 Å². The lowest BCUT2D eigenvalue weighted by atomic mass is 10.3. The molecule has 2 rings (SSSR count). The zero-order valence-corrected chi connectivity index (χ0v) is 11.4. The molecule has 0 fully saturated rings. The molecular formula is C13H11BrF2N2O. The number of ether oxygens (including phenoxy) is 1. The molecule has 0 spiro atoms. The zero-order valence-electron chi connectivity index (χ0n) is 9.82. The molecule has 3 nitrogen and oxygen atoms in total. The average Bonchev–Trinajstić information content (AvgIpc) is 2.37. The Balaban J connectivity index is 1.93. The molecule has 6 heteroatoms. The minimum absolute atomic E-state index is 0.140. The highest BCUT2D eigenvalue weighted by Gasteiger charge is 2.03. The topological polar surface area (TPSA) is 34.1 Å². The molecule has 0 aliphatic carbocycles. The minimum Gasteiger partial charge on any atom is -0.435 e. The summed E-state index contributed by atoms with van der Waals surface area (Å²) in [5, 5.41) is 3.14. The second-order valence-corrected chi connectivity index (χ2v) is 4.52. The number of halogens is 3. The van der Waals surface area contributed by atoms with E-state index < -0.39 is 6.61 Å². The van der Waals surface area contributed by atoms with Gasteiger partial charge in [0.15, 0.2) is 0 Å². The minimum atomic E-state index is -2.80. The first-order chi connectivity index (χ1) is 9.13. The molecule has 1 aromatic carbocycles. The summed E-state index contributed by atoms with van der Waals surface area (Å²) in [6.07, 6.45) is 0. The highest BCUT2D eigenvalue weighted by atomic mass is 79.9.